The Morgan fingerprint density at radius 2 is 1.69 bits per heavy atom. The van der Waals surface area contributed by atoms with E-state index in [4.69, 9.17) is 0 Å². The zero-order valence-corrected chi connectivity index (χ0v) is 15.6. The lowest BCUT2D eigenvalue weighted by molar-refractivity contribution is -0.131. The number of carbonyl (C=O) groups is 1. The number of anilines is 1. The average Bonchev–Trinajstić information content (AvgIpc) is 2.66. The van der Waals surface area contributed by atoms with Crippen LogP contribution in [0.4, 0.5) is 5.82 Å². The van der Waals surface area contributed by atoms with Crippen molar-refractivity contribution in [3.05, 3.63) is 24.4 Å². The molecule has 2 heterocycles. The number of pyridine rings is 1. The van der Waals surface area contributed by atoms with Crippen LogP contribution in [0.25, 0.3) is 0 Å². The maximum absolute atomic E-state index is 12.8. The third-order valence-corrected chi connectivity index (χ3v) is 7.26. The number of nitrogens with zero attached hydrogens (tertiary/aromatic N) is 3. The van der Waals surface area contributed by atoms with E-state index in [9.17, 15) is 4.79 Å². The summed E-state index contributed by atoms with van der Waals surface area (Å²) in [6, 6.07) is 6.01. The standard InChI is InChI=1S/C21H30N4O/c26-20(25-7-5-24(6-8-25)19-3-1-2-4-22-19)15-23-21-12-16-9-17(13-21)11-18(10-16)14-21/h1-4,16-18,23H,5-15H2. The molecule has 1 amide bonds. The summed E-state index contributed by atoms with van der Waals surface area (Å²) in [6.45, 7) is 3.88. The first kappa shape index (κ1) is 16.5. The first-order chi connectivity index (χ1) is 12.7. The van der Waals surface area contributed by atoms with Crippen LogP contribution in [0.15, 0.2) is 24.4 Å². The zero-order valence-electron chi connectivity index (χ0n) is 15.6. The predicted molar refractivity (Wildman–Crippen MR) is 102 cm³/mol. The summed E-state index contributed by atoms with van der Waals surface area (Å²) in [4.78, 5) is 21.5. The van der Waals surface area contributed by atoms with Gasteiger partial charge in [-0.1, -0.05) is 6.07 Å². The summed E-state index contributed by atoms with van der Waals surface area (Å²) in [5, 5.41) is 3.75. The molecule has 1 aromatic heterocycles. The molecule has 0 radical (unpaired) electrons. The first-order valence-corrected chi connectivity index (χ1v) is 10.4. The number of amides is 1. The van der Waals surface area contributed by atoms with Gasteiger partial charge in [-0.15, -0.1) is 0 Å². The van der Waals surface area contributed by atoms with Gasteiger partial charge in [-0.3, -0.25) is 4.79 Å². The predicted octanol–water partition coefficient (Wildman–Crippen LogP) is 2.29. The van der Waals surface area contributed by atoms with Gasteiger partial charge in [-0.25, -0.2) is 4.98 Å². The summed E-state index contributed by atoms with van der Waals surface area (Å²) in [5.41, 5.74) is 0.278. The van der Waals surface area contributed by atoms with Gasteiger partial charge in [0.2, 0.25) is 5.91 Å². The highest BCUT2D eigenvalue weighted by Crippen LogP contribution is 2.55. The minimum atomic E-state index is 0.278. The van der Waals surface area contributed by atoms with Gasteiger partial charge in [-0.05, 0) is 68.4 Å². The van der Waals surface area contributed by atoms with Crippen molar-refractivity contribution in [3.8, 4) is 0 Å². The molecule has 4 saturated carbocycles. The van der Waals surface area contributed by atoms with Crippen LogP contribution in [0.3, 0.4) is 0 Å². The Balaban J connectivity index is 1.14. The summed E-state index contributed by atoms with van der Waals surface area (Å²) in [5.74, 6) is 4.06. The molecule has 5 fully saturated rings. The van der Waals surface area contributed by atoms with Crippen LogP contribution in [0.5, 0.6) is 0 Å². The largest absolute Gasteiger partial charge is 0.353 e. The molecule has 4 bridgehead atoms. The number of rotatable bonds is 4. The Kier molecular flexibility index (Phi) is 4.15. The Morgan fingerprint density at radius 3 is 2.27 bits per heavy atom. The fourth-order valence-corrected chi connectivity index (χ4v) is 6.43. The highest BCUT2D eigenvalue weighted by Gasteiger charge is 2.50. The van der Waals surface area contributed by atoms with Crippen LogP contribution in [0.1, 0.15) is 38.5 Å². The summed E-state index contributed by atoms with van der Waals surface area (Å²) in [7, 11) is 0. The third kappa shape index (κ3) is 3.11. The number of carbonyl (C=O) groups excluding carboxylic acids is 1. The minimum absolute atomic E-state index is 0.278. The van der Waals surface area contributed by atoms with E-state index in [0.717, 1.165) is 49.8 Å². The third-order valence-electron chi connectivity index (χ3n) is 7.26. The topological polar surface area (TPSA) is 48.5 Å². The van der Waals surface area contributed by atoms with E-state index in [1.54, 1.807) is 0 Å². The van der Waals surface area contributed by atoms with E-state index in [-0.39, 0.29) is 11.4 Å². The first-order valence-electron chi connectivity index (χ1n) is 10.4. The van der Waals surface area contributed by atoms with Crippen LogP contribution in [0, 0.1) is 17.8 Å². The van der Waals surface area contributed by atoms with Crippen molar-refractivity contribution in [2.45, 2.75) is 44.1 Å². The molecular weight excluding hydrogens is 324 g/mol. The lowest BCUT2D eigenvalue weighted by atomic mass is 9.53. The zero-order chi connectivity index (χ0) is 17.6. The number of hydrogen-bond acceptors (Lipinski definition) is 4. The van der Waals surface area contributed by atoms with Crippen LogP contribution >= 0.6 is 0 Å². The summed E-state index contributed by atoms with van der Waals surface area (Å²) < 4.78 is 0. The van der Waals surface area contributed by atoms with Gasteiger partial charge in [0.15, 0.2) is 0 Å². The lowest BCUT2D eigenvalue weighted by Crippen LogP contribution is -2.60. The second kappa shape index (κ2) is 6.52. The highest BCUT2D eigenvalue weighted by atomic mass is 16.2. The Labute approximate surface area is 156 Å². The van der Waals surface area contributed by atoms with Crippen molar-refractivity contribution < 1.29 is 4.79 Å². The maximum atomic E-state index is 12.8. The quantitative estimate of drug-likeness (QED) is 0.901. The second-order valence-electron chi connectivity index (χ2n) is 9.11. The Bertz CT molecular complexity index is 618. The molecule has 140 valence electrons. The summed E-state index contributed by atoms with van der Waals surface area (Å²) in [6.07, 6.45) is 10.1. The fraction of sp³-hybridized carbons (Fsp3) is 0.714. The number of aromatic nitrogens is 1. The number of piperazine rings is 1. The molecule has 6 rings (SSSR count). The van der Waals surface area contributed by atoms with Crippen LogP contribution in [-0.2, 0) is 4.79 Å². The molecule has 0 atom stereocenters. The minimum Gasteiger partial charge on any atom is -0.353 e. The Hall–Kier alpha value is -1.62. The van der Waals surface area contributed by atoms with Crippen molar-refractivity contribution in [2.75, 3.05) is 37.6 Å². The molecule has 0 unspecified atom stereocenters. The average molecular weight is 354 g/mol. The van der Waals surface area contributed by atoms with Gasteiger partial charge in [0, 0.05) is 37.9 Å². The second-order valence-corrected chi connectivity index (χ2v) is 9.11. The van der Waals surface area contributed by atoms with E-state index in [2.05, 4.69) is 15.2 Å². The molecule has 1 aliphatic heterocycles. The molecule has 5 heteroatoms. The smallest absolute Gasteiger partial charge is 0.236 e. The molecular formula is C21H30N4O. The van der Waals surface area contributed by atoms with Crippen molar-refractivity contribution in [1.29, 1.82) is 0 Å². The normalized spacial score (nSPS) is 35.8. The SMILES string of the molecule is O=C(CNC12CC3CC(CC(C3)C1)C2)N1CCN(c2ccccn2)CC1. The molecule has 1 aromatic rings. The van der Waals surface area contributed by atoms with Crippen LogP contribution < -0.4 is 10.2 Å². The fourth-order valence-electron chi connectivity index (χ4n) is 6.43. The van der Waals surface area contributed by atoms with Crippen LogP contribution in [-0.4, -0.2) is 54.1 Å². The molecule has 0 spiro atoms. The molecule has 1 saturated heterocycles. The number of hydrogen-bond donors (Lipinski definition) is 1. The van der Waals surface area contributed by atoms with Crippen molar-refractivity contribution in [1.82, 2.24) is 15.2 Å². The van der Waals surface area contributed by atoms with E-state index < -0.39 is 0 Å². The van der Waals surface area contributed by atoms with E-state index >= 15 is 0 Å². The van der Waals surface area contributed by atoms with E-state index in [0.29, 0.717) is 6.54 Å². The van der Waals surface area contributed by atoms with Gasteiger partial charge in [0.05, 0.1) is 6.54 Å². The molecule has 26 heavy (non-hydrogen) atoms. The molecule has 5 aliphatic rings. The van der Waals surface area contributed by atoms with Crippen LogP contribution in [0.2, 0.25) is 0 Å². The molecule has 1 N–H and O–H groups in total. The van der Waals surface area contributed by atoms with E-state index in [1.807, 2.05) is 29.3 Å². The van der Waals surface area contributed by atoms with Gasteiger partial charge in [-0.2, -0.15) is 0 Å². The maximum Gasteiger partial charge on any atom is 0.236 e. The molecule has 0 aromatic carbocycles. The van der Waals surface area contributed by atoms with Gasteiger partial charge in [0.25, 0.3) is 0 Å². The van der Waals surface area contributed by atoms with Gasteiger partial charge in [0.1, 0.15) is 5.82 Å². The van der Waals surface area contributed by atoms with Gasteiger partial charge >= 0.3 is 0 Å². The van der Waals surface area contributed by atoms with E-state index in [1.165, 1.54) is 38.5 Å². The number of nitrogens with one attached hydrogen (secondary N) is 1. The monoisotopic (exact) mass is 354 g/mol. The molecule has 4 aliphatic carbocycles. The lowest BCUT2D eigenvalue weighted by Gasteiger charge is -2.57. The van der Waals surface area contributed by atoms with Crippen molar-refractivity contribution in [3.63, 3.8) is 0 Å². The highest BCUT2D eigenvalue weighted by molar-refractivity contribution is 5.78. The summed E-state index contributed by atoms with van der Waals surface area (Å²) >= 11 is 0. The van der Waals surface area contributed by atoms with Crippen molar-refractivity contribution in [2.24, 2.45) is 17.8 Å². The van der Waals surface area contributed by atoms with Gasteiger partial charge < -0.3 is 15.1 Å². The van der Waals surface area contributed by atoms with Crippen molar-refractivity contribution >= 4 is 11.7 Å². The Morgan fingerprint density at radius 1 is 1.04 bits per heavy atom. The molecule has 5 nitrogen and oxygen atoms in total.